The van der Waals surface area contributed by atoms with Crippen LogP contribution >= 0.6 is 0 Å². The van der Waals surface area contributed by atoms with Crippen molar-refractivity contribution >= 4 is 33.2 Å². The number of rotatable bonds is 10. The molecule has 0 radical (unpaired) electrons. The van der Waals surface area contributed by atoms with Crippen LogP contribution in [0.25, 0.3) is 0 Å². The number of nitrogens with zero attached hydrogens (tertiary/aromatic N) is 1. The van der Waals surface area contributed by atoms with Gasteiger partial charge in [0.2, 0.25) is 15.9 Å². The second-order valence-electron chi connectivity index (χ2n) is 7.55. The van der Waals surface area contributed by atoms with Crippen LogP contribution in [0.4, 0.5) is 11.4 Å². The molecule has 0 heterocycles. The van der Waals surface area contributed by atoms with E-state index in [2.05, 4.69) is 10.6 Å². The quantitative estimate of drug-likeness (QED) is 0.463. The maximum Gasteiger partial charge on any atom is 0.253 e. The van der Waals surface area contributed by atoms with Gasteiger partial charge in [-0.05, 0) is 48.4 Å². The van der Waals surface area contributed by atoms with Crippen LogP contribution in [0.1, 0.15) is 15.9 Å². The summed E-state index contributed by atoms with van der Waals surface area (Å²) >= 11 is 0. The first kappa shape index (κ1) is 24.8. The fourth-order valence-electron chi connectivity index (χ4n) is 3.32. The normalized spacial score (nSPS) is 10.9. The lowest BCUT2D eigenvalue weighted by atomic mass is 10.1. The molecule has 0 aromatic heterocycles. The molecule has 8 nitrogen and oxygen atoms in total. The molecular weight excluding hydrogens is 454 g/mol. The standard InChI is InChI=1S/C25H27N3O5S/c1-33-21-14-12-20(13-15-21)28(34(2,31)32)18-24(29)27-23-11-7-6-10-22(23)25(30)26-17-16-19-8-4-3-5-9-19/h3-15H,16-18H2,1-2H3,(H,26,30)(H,27,29). The molecule has 3 rings (SSSR count). The molecule has 2 amide bonds. The maximum absolute atomic E-state index is 12.8. The van der Waals surface area contributed by atoms with Crippen LogP contribution in [-0.2, 0) is 21.2 Å². The number of anilines is 2. The summed E-state index contributed by atoms with van der Waals surface area (Å²) in [5.41, 5.74) is 2.02. The molecule has 0 spiro atoms. The number of ether oxygens (including phenoxy) is 1. The SMILES string of the molecule is COc1ccc(N(CC(=O)Nc2ccccc2C(=O)NCCc2ccccc2)S(C)(=O)=O)cc1. The van der Waals surface area contributed by atoms with Gasteiger partial charge in [-0.3, -0.25) is 13.9 Å². The van der Waals surface area contributed by atoms with Crippen LogP contribution in [0, 0.1) is 0 Å². The van der Waals surface area contributed by atoms with Crippen LogP contribution in [-0.4, -0.2) is 46.7 Å². The molecule has 2 N–H and O–H groups in total. The highest BCUT2D eigenvalue weighted by Gasteiger charge is 2.22. The second kappa shape index (κ2) is 11.3. The van der Waals surface area contributed by atoms with Crippen molar-refractivity contribution in [3.05, 3.63) is 90.0 Å². The Bertz CT molecular complexity index is 1230. The number of hydrogen-bond acceptors (Lipinski definition) is 5. The predicted octanol–water partition coefficient (Wildman–Crippen LogP) is 3.07. The smallest absolute Gasteiger partial charge is 0.253 e. The highest BCUT2D eigenvalue weighted by atomic mass is 32.2. The van der Waals surface area contributed by atoms with Gasteiger partial charge in [0, 0.05) is 6.54 Å². The van der Waals surface area contributed by atoms with Gasteiger partial charge in [-0.1, -0.05) is 42.5 Å². The maximum atomic E-state index is 12.8. The van der Waals surface area contributed by atoms with Crippen LogP contribution in [0.5, 0.6) is 5.75 Å². The summed E-state index contributed by atoms with van der Waals surface area (Å²) in [7, 11) is -2.23. The first-order valence-corrected chi connectivity index (χ1v) is 12.5. The van der Waals surface area contributed by atoms with Gasteiger partial charge >= 0.3 is 0 Å². The third kappa shape index (κ3) is 6.82. The van der Waals surface area contributed by atoms with Crippen molar-refractivity contribution in [2.75, 3.05) is 36.1 Å². The lowest BCUT2D eigenvalue weighted by Gasteiger charge is -2.22. The van der Waals surface area contributed by atoms with Crippen LogP contribution in [0.3, 0.4) is 0 Å². The molecule has 34 heavy (non-hydrogen) atoms. The molecule has 0 atom stereocenters. The molecule has 0 saturated heterocycles. The summed E-state index contributed by atoms with van der Waals surface area (Å²) in [6.45, 7) is -0.0143. The number of carbonyl (C=O) groups is 2. The van der Waals surface area contributed by atoms with Crippen LogP contribution < -0.4 is 19.7 Å². The topological polar surface area (TPSA) is 105 Å². The number of nitrogens with one attached hydrogen (secondary N) is 2. The van der Waals surface area contributed by atoms with Gasteiger partial charge in [-0.2, -0.15) is 0 Å². The van der Waals surface area contributed by atoms with Crippen LogP contribution in [0.15, 0.2) is 78.9 Å². The number of benzene rings is 3. The molecule has 9 heteroatoms. The Morgan fingerprint density at radius 2 is 1.56 bits per heavy atom. The zero-order valence-corrected chi connectivity index (χ0v) is 19.8. The number of amides is 2. The second-order valence-corrected chi connectivity index (χ2v) is 9.46. The van der Waals surface area contributed by atoms with Gasteiger partial charge in [0.1, 0.15) is 12.3 Å². The first-order valence-electron chi connectivity index (χ1n) is 10.6. The van der Waals surface area contributed by atoms with Gasteiger partial charge in [-0.15, -0.1) is 0 Å². The number of para-hydroxylation sites is 1. The Morgan fingerprint density at radius 3 is 2.21 bits per heavy atom. The number of methoxy groups -OCH3 is 1. The molecule has 0 aliphatic carbocycles. The minimum absolute atomic E-state index is 0.291. The Kier molecular flexibility index (Phi) is 8.26. The Balaban J connectivity index is 1.68. The van der Waals surface area contributed by atoms with Gasteiger partial charge in [-0.25, -0.2) is 8.42 Å². The van der Waals surface area contributed by atoms with Crippen molar-refractivity contribution in [1.82, 2.24) is 5.32 Å². The minimum Gasteiger partial charge on any atom is -0.497 e. The van der Waals surface area contributed by atoms with E-state index in [1.54, 1.807) is 48.5 Å². The van der Waals surface area contributed by atoms with Crippen molar-refractivity contribution < 1.29 is 22.7 Å². The van der Waals surface area contributed by atoms with Crippen molar-refractivity contribution in [2.45, 2.75) is 6.42 Å². The van der Waals surface area contributed by atoms with Gasteiger partial charge in [0.05, 0.1) is 30.3 Å². The monoisotopic (exact) mass is 481 g/mol. The molecule has 0 unspecified atom stereocenters. The summed E-state index contributed by atoms with van der Waals surface area (Å²) in [6.07, 6.45) is 1.70. The summed E-state index contributed by atoms with van der Waals surface area (Å²) in [6, 6.07) is 22.7. The molecule has 0 fully saturated rings. The fraction of sp³-hybridized carbons (Fsp3) is 0.200. The Hall–Kier alpha value is -3.85. The van der Waals surface area contributed by atoms with Crippen molar-refractivity contribution in [3.63, 3.8) is 0 Å². The molecule has 0 bridgehead atoms. The van der Waals surface area contributed by atoms with E-state index in [0.29, 0.717) is 35.7 Å². The molecule has 0 aliphatic rings. The largest absolute Gasteiger partial charge is 0.497 e. The Morgan fingerprint density at radius 1 is 0.912 bits per heavy atom. The van der Waals surface area contributed by atoms with E-state index in [9.17, 15) is 18.0 Å². The first-order chi connectivity index (χ1) is 16.3. The summed E-state index contributed by atoms with van der Waals surface area (Å²) in [5.74, 6) is -0.346. The van der Waals surface area contributed by atoms with Crippen LogP contribution in [0.2, 0.25) is 0 Å². The van der Waals surface area contributed by atoms with E-state index in [-0.39, 0.29) is 5.91 Å². The lowest BCUT2D eigenvalue weighted by molar-refractivity contribution is -0.114. The molecule has 3 aromatic rings. The summed E-state index contributed by atoms with van der Waals surface area (Å²) < 4.78 is 30.8. The van der Waals surface area contributed by atoms with Crippen molar-refractivity contribution in [3.8, 4) is 5.75 Å². The van der Waals surface area contributed by atoms with E-state index in [4.69, 9.17) is 4.74 Å². The average Bonchev–Trinajstić information content (AvgIpc) is 2.83. The van der Waals surface area contributed by atoms with E-state index < -0.39 is 22.5 Å². The van der Waals surface area contributed by atoms with Gasteiger partial charge in [0.25, 0.3) is 5.91 Å². The number of sulfonamides is 1. The Labute approximate surface area is 199 Å². The summed E-state index contributed by atoms with van der Waals surface area (Å²) in [4.78, 5) is 25.5. The molecule has 178 valence electrons. The zero-order valence-electron chi connectivity index (χ0n) is 19.0. The van der Waals surface area contributed by atoms with E-state index in [0.717, 1.165) is 16.1 Å². The fourth-order valence-corrected chi connectivity index (χ4v) is 4.18. The van der Waals surface area contributed by atoms with Gasteiger partial charge in [0.15, 0.2) is 0 Å². The molecule has 0 saturated carbocycles. The van der Waals surface area contributed by atoms with E-state index in [1.165, 1.54) is 7.11 Å². The summed E-state index contributed by atoms with van der Waals surface area (Å²) in [5, 5.41) is 5.52. The average molecular weight is 482 g/mol. The lowest BCUT2D eigenvalue weighted by Crippen LogP contribution is -2.37. The molecular formula is C25H27N3O5S. The predicted molar refractivity (Wildman–Crippen MR) is 133 cm³/mol. The number of hydrogen-bond donors (Lipinski definition) is 2. The van der Waals surface area contributed by atoms with Crippen molar-refractivity contribution in [1.29, 1.82) is 0 Å². The highest BCUT2D eigenvalue weighted by Crippen LogP contribution is 2.22. The minimum atomic E-state index is -3.74. The van der Waals surface area contributed by atoms with E-state index in [1.807, 2.05) is 30.3 Å². The van der Waals surface area contributed by atoms with Gasteiger partial charge < -0.3 is 15.4 Å². The zero-order chi connectivity index (χ0) is 24.6. The highest BCUT2D eigenvalue weighted by molar-refractivity contribution is 7.92. The third-order valence-electron chi connectivity index (χ3n) is 5.04. The molecule has 0 aliphatic heterocycles. The van der Waals surface area contributed by atoms with E-state index >= 15 is 0 Å². The van der Waals surface area contributed by atoms with Crippen molar-refractivity contribution in [2.24, 2.45) is 0 Å². The third-order valence-corrected chi connectivity index (χ3v) is 6.18. The molecule has 3 aromatic carbocycles. The number of carbonyl (C=O) groups excluding carboxylic acids is 2.